The molecule has 0 saturated heterocycles. The Hall–Kier alpha value is -0.470. The van der Waals surface area contributed by atoms with Crippen LogP contribution in [0.5, 0.6) is 0 Å². The highest BCUT2D eigenvalue weighted by atomic mass is 32.2. The van der Waals surface area contributed by atoms with E-state index in [-0.39, 0.29) is 0 Å². The lowest BCUT2D eigenvalue weighted by Crippen LogP contribution is -2.27. The summed E-state index contributed by atoms with van der Waals surface area (Å²) in [4.78, 5) is 1.07. The molecule has 122 valence electrons. The van der Waals surface area contributed by atoms with E-state index in [1.165, 1.54) is 11.3 Å². The van der Waals surface area contributed by atoms with E-state index in [1.807, 2.05) is 13.8 Å². The minimum atomic E-state index is -3.42. The van der Waals surface area contributed by atoms with Crippen LogP contribution in [-0.4, -0.2) is 34.7 Å². The second-order valence-electron chi connectivity index (χ2n) is 4.82. The summed E-state index contributed by atoms with van der Waals surface area (Å²) in [5, 5.41) is 3.22. The molecule has 21 heavy (non-hydrogen) atoms. The summed E-state index contributed by atoms with van der Waals surface area (Å²) in [6, 6.07) is 1.73. The number of thiophene rings is 1. The van der Waals surface area contributed by atoms with Gasteiger partial charge in [0.15, 0.2) is 0 Å². The van der Waals surface area contributed by atoms with Crippen LogP contribution < -0.4 is 10.0 Å². The van der Waals surface area contributed by atoms with Crippen molar-refractivity contribution in [1.82, 2.24) is 10.0 Å². The molecule has 0 aromatic carbocycles. The van der Waals surface area contributed by atoms with Crippen LogP contribution in [0.3, 0.4) is 0 Å². The lowest BCUT2D eigenvalue weighted by Gasteiger charge is -2.05. The molecule has 0 fully saturated rings. The molecule has 1 rings (SSSR count). The smallest absolute Gasteiger partial charge is 0.250 e. The van der Waals surface area contributed by atoms with E-state index >= 15 is 0 Å². The van der Waals surface area contributed by atoms with E-state index < -0.39 is 10.0 Å². The number of sulfonamides is 1. The van der Waals surface area contributed by atoms with Gasteiger partial charge in [-0.3, -0.25) is 0 Å². The molecule has 1 heterocycles. The van der Waals surface area contributed by atoms with Crippen LogP contribution in [0.4, 0.5) is 0 Å². The van der Waals surface area contributed by atoms with Crippen molar-refractivity contribution < 1.29 is 13.2 Å². The van der Waals surface area contributed by atoms with Crippen molar-refractivity contribution in [2.24, 2.45) is 0 Å². The van der Waals surface area contributed by atoms with Crippen molar-refractivity contribution in [2.45, 2.75) is 44.4 Å². The molecule has 5 nitrogen and oxygen atoms in total. The van der Waals surface area contributed by atoms with Gasteiger partial charge in [0.05, 0.1) is 6.61 Å². The highest BCUT2D eigenvalue weighted by Crippen LogP contribution is 2.25. The van der Waals surface area contributed by atoms with Gasteiger partial charge in [-0.2, -0.15) is 0 Å². The second-order valence-corrected chi connectivity index (χ2v) is 7.95. The van der Waals surface area contributed by atoms with Crippen LogP contribution in [0.25, 0.3) is 0 Å². The first kappa shape index (κ1) is 18.6. The van der Waals surface area contributed by atoms with Crippen molar-refractivity contribution in [1.29, 1.82) is 0 Å². The molecule has 2 N–H and O–H groups in total. The summed E-state index contributed by atoms with van der Waals surface area (Å²) < 4.78 is 32.7. The first-order chi connectivity index (χ1) is 10.0. The minimum Gasteiger partial charge on any atom is -0.380 e. The van der Waals surface area contributed by atoms with E-state index in [0.29, 0.717) is 30.5 Å². The maximum Gasteiger partial charge on any atom is 0.250 e. The fraction of sp³-hybridized carbons (Fsp3) is 0.714. The molecule has 0 atom stereocenters. The SMILES string of the molecule is CCCCOCCNS(=O)(=O)c1cc(C)c(CNCC)s1. The molecule has 0 aliphatic carbocycles. The average Bonchev–Trinajstić information content (AvgIpc) is 2.82. The molecule has 1 aromatic heterocycles. The number of rotatable bonds is 11. The predicted octanol–water partition coefficient (Wildman–Crippen LogP) is 2.26. The number of hydrogen-bond acceptors (Lipinski definition) is 5. The number of ether oxygens (including phenoxy) is 1. The maximum atomic E-state index is 12.2. The summed E-state index contributed by atoms with van der Waals surface area (Å²) in [5.74, 6) is 0. The zero-order valence-corrected chi connectivity index (χ0v) is 14.7. The normalized spacial score (nSPS) is 12.0. The van der Waals surface area contributed by atoms with Gasteiger partial charge in [0, 0.05) is 24.6 Å². The molecule has 1 aromatic rings. The topological polar surface area (TPSA) is 67.4 Å². The average molecular weight is 335 g/mol. The van der Waals surface area contributed by atoms with Gasteiger partial charge in [0.25, 0.3) is 0 Å². The Morgan fingerprint density at radius 1 is 1.29 bits per heavy atom. The summed E-state index contributed by atoms with van der Waals surface area (Å²) in [6.45, 7) is 9.05. The van der Waals surface area contributed by atoms with Crippen LogP contribution in [0.2, 0.25) is 0 Å². The van der Waals surface area contributed by atoms with Gasteiger partial charge in [-0.15, -0.1) is 11.3 Å². The zero-order valence-electron chi connectivity index (χ0n) is 13.1. The molecular weight excluding hydrogens is 308 g/mol. The Morgan fingerprint density at radius 2 is 2.05 bits per heavy atom. The van der Waals surface area contributed by atoms with E-state index in [1.54, 1.807) is 6.07 Å². The maximum absolute atomic E-state index is 12.2. The molecule has 7 heteroatoms. The fourth-order valence-corrected chi connectivity index (χ4v) is 4.32. The number of nitrogens with one attached hydrogen (secondary N) is 2. The number of unbranched alkanes of at least 4 members (excludes halogenated alkanes) is 1. The highest BCUT2D eigenvalue weighted by molar-refractivity contribution is 7.91. The van der Waals surface area contributed by atoms with Crippen LogP contribution in [0, 0.1) is 6.92 Å². The standard InChI is InChI=1S/C14H26N2O3S2/c1-4-6-8-19-9-7-16-21(17,18)14-10-12(3)13(20-14)11-15-5-2/h10,15-16H,4-9,11H2,1-3H3. The summed E-state index contributed by atoms with van der Waals surface area (Å²) >= 11 is 1.32. The van der Waals surface area contributed by atoms with Crippen molar-refractivity contribution in [3.8, 4) is 0 Å². The molecule has 0 spiro atoms. The van der Waals surface area contributed by atoms with Crippen LogP contribution in [0.1, 0.15) is 37.1 Å². The molecule has 0 aliphatic heterocycles. The highest BCUT2D eigenvalue weighted by Gasteiger charge is 2.18. The molecule has 0 saturated carbocycles. The first-order valence-corrected chi connectivity index (χ1v) is 9.68. The molecular formula is C14H26N2O3S2. The van der Waals surface area contributed by atoms with E-state index in [0.717, 1.165) is 29.8 Å². The Morgan fingerprint density at radius 3 is 2.71 bits per heavy atom. The predicted molar refractivity (Wildman–Crippen MR) is 87.4 cm³/mol. The number of hydrogen-bond donors (Lipinski definition) is 2. The lowest BCUT2D eigenvalue weighted by atomic mass is 10.3. The summed E-state index contributed by atoms with van der Waals surface area (Å²) in [6.07, 6.45) is 2.08. The fourth-order valence-electron chi connectivity index (χ4n) is 1.70. The van der Waals surface area contributed by atoms with Crippen molar-refractivity contribution in [3.63, 3.8) is 0 Å². The molecule has 0 bridgehead atoms. The van der Waals surface area contributed by atoms with E-state index in [4.69, 9.17) is 4.74 Å². The Balaban J connectivity index is 2.50. The zero-order chi connectivity index (χ0) is 15.7. The number of aryl methyl sites for hydroxylation is 1. The summed E-state index contributed by atoms with van der Waals surface area (Å²) in [7, 11) is -3.42. The Labute approximate surface area is 132 Å². The van der Waals surface area contributed by atoms with Gasteiger partial charge in [0.2, 0.25) is 10.0 Å². The largest absolute Gasteiger partial charge is 0.380 e. The van der Waals surface area contributed by atoms with Gasteiger partial charge >= 0.3 is 0 Å². The molecule has 0 radical (unpaired) electrons. The molecule has 0 amide bonds. The lowest BCUT2D eigenvalue weighted by molar-refractivity contribution is 0.136. The van der Waals surface area contributed by atoms with Crippen molar-refractivity contribution in [3.05, 3.63) is 16.5 Å². The molecule has 0 unspecified atom stereocenters. The van der Waals surface area contributed by atoms with Crippen LogP contribution >= 0.6 is 11.3 Å². The third kappa shape index (κ3) is 6.44. The molecule has 0 aliphatic rings. The third-order valence-corrected chi connectivity index (χ3v) is 6.15. The van der Waals surface area contributed by atoms with E-state index in [2.05, 4.69) is 17.0 Å². The van der Waals surface area contributed by atoms with E-state index in [9.17, 15) is 8.42 Å². The third-order valence-electron chi connectivity index (χ3n) is 2.98. The van der Waals surface area contributed by atoms with Gasteiger partial charge in [-0.05, 0) is 31.5 Å². The van der Waals surface area contributed by atoms with Gasteiger partial charge < -0.3 is 10.1 Å². The van der Waals surface area contributed by atoms with Gasteiger partial charge in [-0.1, -0.05) is 20.3 Å². The quantitative estimate of drug-likeness (QED) is 0.609. The van der Waals surface area contributed by atoms with Crippen LogP contribution in [-0.2, 0) is 21.3 Å². The van der Waals surface area contributed by atoms with Crippen molar-refractivity contribution >= 4 is 21.4 Å². The minimum absolute atomic E-state index is 0.311. The Kier molecular flexibility index (Phi) is 8.43. The van der Waals surface area contributed by atoms with Crippen LogP contribution in [0.15, 0.2) is 10.3 Å². The second kappa shape index (κ2) is 9.53. The monoisotopic (exact) mass is 334 g/mol. The van der Waals surface area contributed by atoms with Gasteiger partial charge in [-0.25, -0.2) is 13.1 Å². The van der Waals surface area contributed by atoms with Crippen molar-refractivity contribution in [2.75, 3.05) is 26.3 Å². The van der Waals surface area contributed by atoms with Gasteiger partial charge in [0.1, 0.15) is 4.21 Å². The first-order valence-electron chi connectivity index (χ1n) is 7.38. The summed E-state index contributed by atoms with van der Waals surface area (Å²) in [5.41, 5.74) is 1.01. The Bertz CT molecular complexity index is 512.